The molecule has 0 spiro atoms. The molecule has 1 rings (SSSR count). The Kier molecular flexibility index (Phi) is 10.1. The molecule has 1 unspecified atom stereocenters. The fraction of sp³-hybridized carbons (Fsp3) is 0.533. The zero-order valence-electron chi connectivity index (χ0n) is 13.0. The molecular formula is C15H25FIN3O. The molecule has 0 aliphatic rings. The molecule has 6 heteroatoms. The average molecular weight is 409 g/mol. The molecule has 21 heavy (non-hydrogen) atoms. The fourth-order valence-electron chi connectivity index (χ4n) is 1.62. The Morgan fingerprint density at radius 1 is 1.33 bits per heavy atom. The summed E-state index contributed by atoms with van der Waals surface area (Å²) in [7, 11) is 0. The van der Waals surface area contributed by atoms with Gasteiger partial charge < -0.3 is 15.4 Å². The zero-order chi connectivity index (χ0) is 15.0. The normalized spacial score (nSPS) is 12.6. The molecular weight excluding hydrogens is 384 g/mol. The second-order valence-corrected chi connectivity index (χ2v) is 4.90. The predicted molar refractivity (Wildman–Crippen MR) is 96.2 cm³/mol. The molecule has 0 radical (unpaired) electrons. The van der Waals surface area contributed by atoms with E-state index in [-0.39, 0.29) is 35.9 Å². The smallest absolute Gasteiger partial charge is 0.191 e. The quantitative estimate of drug-likeness (QED) is 0.431. The van der Waals surface area contributed by atoms with Gasteiger partial charge in [0.25, 0.3) is 0 Å². The lowest BCUT2D eigenvalue weighted by Gasteiger charge is -2.16. The molecule has 0 aliphatic carbocycles. The second kappa shape index (κ2) is 10.6. The largest absolute Gasteiger partial charge is 0.489 e. The molecule has 0 fully saturated rings. The van der Waals surface area contributed by atoms with Gasteiger partial charge in [-0.1, -0.05) is 6.07 Å². The third-order valence-corrected chi connectivity index (χ3v) is 2.41. The van der Waals surface area contributed by atoms with Crippen molar-refractivity contribution in [1.82, 2.24) is 10.6 Å². The Balaban J connectivity index is 0.00000400. The molecule has 0 amide bonds. The standard InChI is InChI=1S/C15H24FN3O.HI/c1-5-17-15(19-11(2)3)18-10-12(4)20-14-8-6-7-13(16)9-14;/h6-9,11-12H,5,10H2,1-4H3,(H2,17,18,19);1H. The van der Waals surface area contributed by atoms with Crippen molar-refractivity contribution < 1.29 is 9.13 Å². The van der Waals surface area contributed by atoms with Gasteiger partial charge in [-0.3, -0.25) is 0 Å². The lowest BCUT2D eigenvalue weighted by Crippen LogP contribution is -2.41. The van der Waals surface area contributed by atoms with Crippen LogP contribution in [0.5, 0.6) is 5.75 Å². The summed E-state index contributed by atoms with van der Waals surface area (Å²) in [6, 6.07) is 6.45. The lowest BCUT2D eigenvalue weighted by molar-refractivity contribution is 0.229. The van der Waals surface area contributed by atoms with E-state index in [0.717, 1.165) is 12.5 Å². The van der Waals surface area contributed by atoms with E-state index >= 15 is 0 Å². The fourth-order valence-corrected chi connectivity index (χ4v) is 1.62. The van der Waals surface area contributed by atoms with Crippen LogP contribution >= 0.6 is 24.0 Å². The first-order valence-corrected chi connectivity index (χ1v) is 6.98. The Labute approximate surface area is 143 Å². The maximum absolute atomic E-state index is 13.0. The molecule has 1 aromatic rings. The summed E-state index contributed by atoms with van der Waals surface area (Å²) in [5, 5.41) is 6.40. The van der Waals surface area contributed by atoms with Crippen molar-refractivity contribution in [1.29, 1.82) is 0 Å². The van der Waals surface area contributed by atoms with Crippen LogP contribution in [0.3, 0.4) is 0 Å². The molecule has 0 aliphatic heterocycles. The molecule has 0 aromatic heterocycles. The first-order chi connectivity index (χ1) is 9.51. The van der Waals surface area contributed by atoms with E-state index in [9.17, 15) is 4.39 Å². The van der Waals surface area contributed by atoms with Crippen molar-refractivity contribution >= 4 is 29.9 Å². The monoisotopic (exact) mass is 409 g/mol. The molecule has 2 N–H and O–H groups in total. The maximum atomic E-state index is 13.0. The van der Waals surface area contributed by atoms with Gasteiger partial charge in [0.1, 0.15) is 17.7 Å². The SMILES string of the molecule is CCNC(=NCC(C)Oc1cccc(F)c1)NC(C)C.I. The van der Waals surface area contributed by atoms with Crippen LogP contribution in [0, 0.1) is 5.82 Å². The molecule has 4 nitrogen and oxygen atoms in total. The van der Waals surface area contributed by atoms with Crippen LogP contribution in [0.2, 0.25) is 0 Å². The van der Waals surface area contributed by atoms with Crippen LogP contribution in [0.25, 0.3) is 0 Å². The third-order valence-electron chi connectivity index (χ3n) is 2.41. The minimum atomic E-state index is -0.298. The summed E-state index contributed by atoms with van der Waals surface area (Å²) in [5.74, 6) is 0.986. The Bertz CT molecular complexity index is 441. The van der Waals surface area contributed by atoms with Crippen molar-refractivity contribution in [2.75, 3.05) is 13.1 Å². The Morgan fingerprint density at radius 2 is 2.05 bits per heavy atom. The molecule has 1 aromatic carbocycles. The van der Waals surface area contributed by atoms with Gasteiger partial charge in [-0.2, -0.15) is 0 Å². The van der Waals surface area contributed by atoms with E-state index in [2.05, 4.69) is 29.5 Å². The zero-order valence-corrected chi connectivity index (χ0v) is 15.4. The minimum Gasteiger partial charge on any atom is -0.489 e. The van der Waals surface area contributed by atoms with Crippen molar-refractivity contribution in [2.45, 2.75) is 39.8 Å². The highest BCUT2D eigenvalue weighted by atomic mass is 127. The Morgan fingerprint density at radius 3 is 2.62 bits per heavy atom. The van der Waals surface area contributed by atoms with Gasteiger partial charge in [0.15, 0.2) is 5.96 Å². The second-order valence-electron chi connectivity index (χ2n) is 4.90. The van der Waals surface area contributed by atoms with E-state index in [0.29, 0.717) is 18.3 Å². The van der Waals surface area contributed by atoms with Crippen LogP contribution in [0.4, 0.5) is 4.39 Å². The average Bonchev–Trinajstić information content (AvgIpc) is 2.35. The van der Waals surface area contributed by atoms with Crippen molar-refractivity contribution in [2.24, 2.45) is 4.99 Å². The van der Waals surface area contributed by atoms with E-state index in [1.54, 1.807) is 12.1 Å². The van der Waals surface area contributed by atoms with Crippen LogP contribution in [0.15, 0.2) is 29.3 Å². The lowest BCUT2D eigenvalue weighted by atomic mass is 10.3. The number of benzene rings is 1. The molecule has 0 saturated heterocycles. The number of guanidine groups is 1. The Hall–Kier alpha value is -1.05. The van der Waals surface area contributed by atoms with Crippen molar-refractivity contribution in [3.05, 3.63) is 30.1 Å². The number of nitrogens with zero attached hydrogens (tertiary/aromatic N) is 1. The van der Waals surface area contributed by atoms with E-state index in [4.69, 9.17) is 4.74 Å². The molecule has 0 heterocycles. The van der Waals surface area contributed by atoms with Crippen LogP contribution in [0.1, 0.15) is 27.7 Å². The van der Waals surface area contributed by atoms with Gasteiger partial charge in [-0.05, 0) is 39.8 Å². The third kappa shape index (κ3) is 8.75. The molecule has 1 atom stereocenters. The summed E-state index contributed by atoms with van der Waals surface area (Å²) in [5.41, 5.74) is 0. The molecule has 0 bridgehead atoms. The van der Waals surface area contributed by atoms with E-state index in [1.807, 2.05) is 13.8 Å². The molecule has 120 valence electrons. The van der Waals surface area contributed by atoms with Gasteiger partial charge in [0, 0.05) is 18.7 Å². The summed E-state index contributed by atoms with van der Waals surface area (Å²) in [6.07, 6.45) is -0.126. The number of rotatable bonds is 6. The maximum Gasteiger partial charge on any atom is 0.191 e. The highest BCUT2D eigenvalue weighted by Gasteiger charge is 2.06. The number of nitrogens with one attached hydrogen (secondary N) is 2. The summed E-state index contributed by atoms with van der Waals surface area (Å²) in [6.45, 7) is 9.34. The van der Waals surface area contributed by atoms with Gasteiger partial charge in [0.2, 0.25) is 0 Å². The summed E-state index contributed by atoms with van der Waals surface area (Å²) < 4.78 is 18.7. The first kappa shape index (κ1) is 19.9. The van der Waals surface area contributed by atoms with Gasteiger partial charge >= 0.3 is 0 Å². The van der Waals surface area contributed by atoms with Crippen LogP contribution in [-0.4, -0.2) is 31.2 Å². The van der Waals surface area contributed by atoms with E-state index < -0.39 is 0 Å². The first-order valence-electron chi connectivity index (χ1n) is 6.98. The van der Waals surface area contributed by atoms with Gasteiger partial charge in [-0.15, -0.1) is 24.0 Å². The summed E-state index contributed by atoms with van der Waals surface area (Å²) >= 11 is 0. The number of aliphatic imine (C=N–C) groups is 1. The predicted octanol–water partition coefficient (Wildman–Crippen LogP) is 3.17. The van der Waals surface area contributed by atoms with Gasteiger partial charge in [0.05, 0.1) is 6.54 Å². The van der Waals surface area contributed by atoms with Crippen molar-refractivity contribution in [3.8, 4) is 5.75 Å². The minimum absolute atomic E-state index is 0. The number of hydrogen-bond donors (Lipinski definition) is 2. The number of hydrogen-bond acceptors (Lipinski definition) is 2. The van der Waals surface area contributed by atoms with Crippen LogP contribution in [-0.2, 0) is 0 Å². The number of halogens is 2. The molecule has 0 saturated carbocycles. The van der Waals surface area contributed by atoms with Gasteiger partial charge in [-0.25, -0.2) is 9.38 Å². The summed E-state index contributed by atoms with van der Waals surface area (Å²) in [4.78, 5) is 4.45. The van der Waals surface area contributed by atoms with Crippen molar-refractivity contribution in [3.63, 3.8) is 0 Å². The highest BCUT2D eigenvalue weighted by molar-refractivity contribution is 14.0. The topological polar surface area (TPSA) is 45.7 Å². The highest BCUT2D eigenvalue weighted by Crippen LogP contribution is 2.13. The van der Waals surface area contributed by atoms with E-state index in [1.165, 1.54) is 12.1 Å². The van der Waals surface area contributed by atoms with Crippen LogP contribution < -0.4 is 15.4 Å². The number of ether oxygens (including phenoxy) is 1.